The summed E-state index contributed by atoms with van der Waals surface area (Å²) < 4.78 is 11.2. The molecule has 1 saturated heterocycles. The molecule has 2 amide bonds. The predicted octanol–water partition coefficient (Wildman–Crippen LogP) is 4.03. The average Bonchev–Trinajstić information content (AvgIpc) is 3.11. The summed E-state index contributed by atoms with van der Waals surface area (Å²) in [5, 5.41) is 5.82. The van der Waals surface area contributed by atoms with Gasteiger partial charge in [0.15, 0.2) is 0 Å². The quantitative estimate of drug-likeness (QED) is 0.604. The van der Waals surface area contributed by atoms with Gasteiger partial charge in [0.25, 0.3) is 5.91 Å². The molecular weight excluding hydrogens is 404 g/mol. The highest BCUT2D eigenvalue weighted by molar-refractivity contribution is 6.34. The molecule has 3 aromatic carbocycles. The number of fused-ring (bicyclic) bond motifs is 1. The number of nitrogens with one attached hydrogen (secondary N) is 2. The maximum Gasteiger partial charge on any atom is 0.256 e. The zero-order valence-electron chi connectivity index (χ0n) is 17.3. The topological polar surface area (TPSA) is 76.7 Å². The summed E-state index contributed by atoms with van der Waals surface area (Å²) >= 11 is 0. The largest absolute Gasteiger partial charge is 0.457 e. The van der Waals surface area contributed by atoms with Crippen LogP contribution in [0.4, 0.5) is 5.69 Å². The Hall–Kier alpha value is -3.90. The smallest absolute Gasteiger partial charge is 0.256 e. The van der Waals surface area contributed by atoms with Crippen LogP contribution < -0.4 is 15.4 Å². The van der Waals surface area contributed by atoms with E-state index in [4.69, 9.17) is 9.47 Å². The molecule has 5 rings (SSSR count). The summed E-state index contributed by atoms with van der Waals surface area (Å²) in [6.07, 6.45) is 2.60. The molecule has 0 aliphatic carbocycles. The Labute approximate surface area is 185 Å². The number of hydrogen-bond donors (Lipinski definition) is 2. The molecule has 0 aromatic heterocycles. The first-order valence-corrected chi connectivity index (χ1v) is 10.5. The number of rotatable bonds is 5. The number of anilines is 1. The lowest BCUT2D eigenvalue weighted by Gasteiger charge is -2.23. The van der Waals surface area contributed by atoms with Crippen LogP contribution in [-0.4, -0.2) is 31.1 Å². The molecule has 2 aliphatic rings. The van der Waals surface area contributed by atoms with E-state index in [0.29, 0.717) is 24.4 Å². The molecule has 1 unspecified atom stereocenters. The number of morpholine rings is 1. The standard InChI is InChI=1S/C26H22N2O4/c29-25-16-31-15-19(27-25)13-17-5-9-20(10-6-17)32-21-11-7-18(8-12-21)14-23-22-3-1-2-4-24(22)28-26(23)30/h1-12,14,19H,13,15-16H2,(H,27,29)(H,28,30). The van der Waals surface area contributed by atoms with Gasteiger partial charge in [0, 0.05) is 16.8 Å². The molecule has 0 radical (unpaired) electrons. The van der Waals surface area contributed by atoms with Crippen molar-refractivity contribution in [1.82, 2.24) is 5.32 Å². The molecule has 0 bridgehead atoms. The molecule has 1 atom stereocenters. The summed E-state index contributed by atoms with van der Waals surface area (Å²) in [5.74, 6) is 1.28. The number of amides is 2. The van der Waals surface area contributed by atoms with Crippen molar-refractivity contribution in [3.05, 3.63) is 89.5 Å². The molecule has 0 saturated carbocycles. The molecule has 6 heteroatoms. The summed E-state index contributed by atoms with van der Waals surface area (Å²) in [4.78, 5) is 23.7. The lowest BCUT2D eigenvalue weighted by atomic mass is 10.0. The van der Waals surface area contributed by atoms with Crippen molar-refractivity contribution in [2.24, 2.45) is 0 Å². The fourth-order valence-electron chi connectivity index (χ4n) is 3.91. The van der Waals surface area contributed by atoms with E-state index in [-0.39, 0.29) is 24.5 Å². The third kappa shape index (κ3) is 4.40. The van der Waals surface area contributed by atoms with E-state index >= 15 is 0 Å². The number of benzene rings is 3. The average molecular weight is 426 g/mol. The fraction of sp³-hybridized carbons (Fsp3) is 0.154. The first-order valence-electron chi connectivity index (χ1n) is 10.5. The number of hydrogen-bond acceptors (Lipinski definition) is 4. The van der Waals surface area contributed by atoms with Crippen LogP contribution in [0.3, 0.4) is 0 Å². The molecule has 0 spiro atoms. The van der Waals surface area contributed by atoms with E-state index in [1.165, 1.54) is 0 Å². The maximum atomic E-state index is 12.3. The van der Waals surface area contributed by atoms with Crippen molar-refractivity contribution in [3.8, 4) is 11.5 Å². The van der Waals surface area contributed by atoms with Gasteiger partial charge in [-0.3, -0.25) is 9.59 Å². The molecule has 160 valence electrons. The minimum absolute atomic E-state index is 0.00130. The number of carbonyl (C=O) groups is 2. The van der Waals surface area contributed by atoms with Crippen LogP contribution in [0.1, 0.15) is 16.7 Å². The maximum absolute atomic E-state index is 12.3. The van der Waals surface area contributed by atoms with Gasteiger partial charge < -0.3 is 20.1 Å². The van der Waals surface area contributed by atoms with Crippen LogP contribution in [0.2, 0.25) is 0 Å². The van der Waals surface area contributed by atoms with Gasteiger partial charge in [0.05, 0.1) is 12.6 Å². The van der Waals surface area contributed by atoms with Gasteiger partial charge in [0.2, 0.25) is 5.91 Å². The fourth-order valence-corrected chi connectivity index (χ4v) is 3.91. The highest BCUT2D eigenvalue weighted by Crippen LogP contribution is 2.33. The lowest BCUT2D eigenvalue weighted by Crippen LogP contribution is -2.46. The predicted molar refractivity (Wildman–Crippen MR) is 122 cm³/mol. The van der Waals surface area contributed by atoms with Gasteiger partial charge in [-0.15, -0.1) is 0 Å². The third-order valence-electron chi connectivity index (χ3n) is 5.46. The van der Waals surface area contributed by atoms with E-state index < -0.39 is 0 Å². The Bertz CT molecular complexity index is 1180. The van der Waals surface area contributed by atoms with Gasteiger partial charge in [-0.2, -0.15) is 0 Å². The normalized spacial score (nSPS) is 18.8. The van der Waals surface area contributed by atoms with Crippen LogP contribution in [0.25, 0.3) is 11.6 Å². The molecule has 3 aromatic rings. The van der Waals surface area contributed by atoms with Gasteiger partial charge in [0.1, 0.15) is 18.1 Å². The molecule has 2 N–H and O–H groups in total. The summed E-state index contributed by atoms with van der Waals surface area (Å²) in [5.41, 5.74) is 4.43. The van der Waals surface area contributed by atoms with Crippen LogP contribution in [0.15, 0.2) is 72.8 Å². The van der Waals surface area contributed by atoms with Crippen molar-refractivity contribution in [1.29, 1.82) is 0 Å². The van der Waals surface area contributed by atoms with Crippen molar-refractivity contribution < 1.29 is 19.1 Å². The van der Waals surface area contributed by atoms with Crippen molar-refractivity contribution >= 4 is 29.2 Å². The van der Waals surface area contributed by atoms with E-state index in [9.17, 15) is 9.59 Å². The number of carbonyl (C=O) groups excluding carboxylic acids is 2. The Morgan fingerprint density at radius 2 is 1.66 bits per heavy atom. The minimum atomic E-state index is -0.0917. The molecule has 6 nitrogen and oxygen atoms in total. The second-order valence-corrected chi connectivity index (χ2v) is 7.86. The van der Waals surface area contributed by atoms with Crippen LogP contribution >= 0.6 is 0 Å². The summed E-state index contributed by atoms with van der Waals surface area (Å²) in [6, 6.07) is 23.1. The van der Waals surface area contributed by atoms with Crippen LogP contribution in [0.5, 0.6) is 11.5 Å². The van der Waals surface area contributed by atoms with E-state index in [1.807, 2.05) is 78.9 Å². The van der Waals surface area contributed by atoms with E-state index in [1.54, 1.807) is 0 Å². The van der Waals surface area contributed by atoms with Gasteiger partial charge in [-0.1, -0.05) is 42.5 Å². The Kier molecular flexibility index (Phi) is 5.44. The first kappa shape index (κ1) is 20.0. The third-order valence-corrected chi connectivity index (χ3v) is 5.46. The highest BCUT2D eigenvalue weighted by atomic mass is 16.5. The SMILES string of the molecule is O=C1COCC(Cc2ccc(Oc3ccc(C=C4C(=O)Nc5ccccc54)cc3)cc2)N1. The van der Waals surface area contributed by atoms with Crippen LogP contribution in [0, 0.1) is 0 Å². The monoisotopic (exact) mass is 426 g/mol. The van der Waals surface area contributed by atoms with Gasteiger partial charge in [-0.05, 0) is 54.0 Å². The zero-order valence-corrected chi connectivity index (χ0v) is 17.3. The lowest BCUT2D eigenvalue weighted by molar-refractivity contribution is -0.131. The van der Waals surface area contributed by atoms with E-state index in [2.05, 4.69) is 10.6 Å². The summed E-state index contributed by atoms with van der Waals surface area (Å²) in [6.45, 7) is 0.666. The van der Waals surface area contributed by atoms with Gasteiger partial charge >= 0.3 is 0 Å². The molecule has 1 fully saturated rings. The molecule has 2 aliphatic heterocycles. The zero-order chi connectivity index (χ0) is 21.9. The minimum Gasteiger partial charge on any atom is -0.457 e. The van der Waals surface area contributed by atoms with Crippen molar-refractivity contribution in [2.75, 3.05) is 18.5 Å². The Morgan fingerprint density at radius 3 is 2.41 bits per heavy atom. The highest BCUT2D eigenvalue weighted by Gasteiger charge is 2.23. The van der Waals surface area contributed by atoms with Crippen LogP contribution in [-0.2, 0) is 20.7 Å². The number of para-hydroxylation sites is 1. The second kappa shape index (κ2) is 8.69. The number of ether oxygens (including phenoxy) is 2. The second-order valence-electron chi connectivity index (χ2n) is 7.86. The Morgan fingerprint density at radius 1 is 0.938 bits per heavy atom. The molecular formula is C26H22N2O4. The molecule has 32 heavy (non-hydrogen) atoms. The van der Waals surface area contributed by atoms with Crippen molar-refractivity contribution in [3.63, 3.8) is 0 Å². The van der Waals surface area contributed by atoms with Crippen molar-refractivity contribution in [2.45, 2.75) is 12.5 Å². The summed E-state index contributed by atoms with van der Waals surface area (Å²) in [7, 11) is 0. The van der Waals surface area contributed by atoms with E-state index in [0.717, 1.165) is 28.1 Å². The van der Waals surface area contributed by atoms with Gasteiger partial charge in [-0.25, -0.2) is 0 Å². The Balaban J connectivity index is 1.23. The first-order chi connectivity index (χ1) is 15.6. The molecule has 2 heterocycles.